The molecule has 9 heteroatoms. The van der Waals surface area contributed by atoms with E-state index in [4.69, 9.17) is 10.5 Å². The van der Waals surface area contributed by atoms with Gasteiger partial charge >= 0.3 is 0 Å². The highest BCUT2D eigenvalue weighted by Crippen LogP contribution is 2.27. The zero-order valence-electron chi connectivity index (χ0n) is 14.9. The molecule has 2 aromatic heterocycles. The van der Waals surface area contributed by atoms with Crippen molar-refractivity contribution in [1.29, 1.82) is 0 Å². The predicted molar refractivity (Wildman–Crippen MR) is 100 cm³/mol. The van der Waals surface area contributed by atoms with Crippen LogP contribution in [0.4, 0.5) is 20.2 Å². The molecule has 144 valence electrons. The summed E-state index contributed by atoms with van der Waals surface area (Å²) in [6, 6.07) is 7.82. The summed E-state index contributed by atoms with van der Waals surface area (Å²) in [6.07, 6.45) is 2.70. The predicted octanol–water partition coefficient (Wildman–Crippen LogP) is 3.25. The van der Waals surface area contributed by atoms with Crippen molar-refractivity contribution in [3.63, 3.8) is 0 Å². The number of ether oxygens (including phenoxy) is 1. The van der Waals surface area contributed by atoms with Gasteiger partial charge in [0.05, 0.1) is 23.8 Å². The van der Waals surface area contributed by atoms with Crippen molar-refractivity contribution in [2.45, 2.75) is 13.1 Å². The largest absolute Gasteiger partial charge is 0.473 e. The van der Waals surface area contributed by atoms with Crippen LogP contribution in [0.3, 0.4) is 0 Å². The van der Waals surface area contributed by atoms with Crippen LogP contribution in [-0.2, 0) is 0 Å². The van der Waals surface area contributed by atoms with Gasteiger partial charge in [0.1, 0.15) is 18.5 Å². The fourth-order valence-electron chi connectivity index (χ4n) is 2.29. The Morgan fingerprint density at radius 2 is 1.93 bits per heavy atom. The molecule has 1 amide bonds. The van der Waals surface area contributed by atoms with E-state index in [2.05, 4.69) is 20.3 Å². The van der Waals surface area contributed by atoms with Crippen LogP contribution in [0, 0.1) is 5.95 Å². The summed E-state index contributed by atoms with van der Waals surface area (Å²) in [5.74, 6) is -0.995. The smallest absolute Gasteiger partial charge is 0.275 e. The summed E-state index contributed by atoms with van der Waals surface area (Å²) in [7, 11) is 0. The maximum absolute atomic E-state index is 13.0. The summed E-state index contributed by atoms with van der Waals surface area (Å²) >= 11 is 0. The normalized spacial score (nSPS) is 11.7. The first-order valence-corrected chi connectivity index (χ1v) is 8.34. The first kappa shape index (κ1) is 19.2. The van der Waals surface area contributed by atoms with E-state index in [1.165, 1.54) is 31.6 Å². The number of nitrogens with two attached hydrogens (primary N) is 1. The van der Waals surface area contributed by atoms with E-state index in [0.29, 0.717) is 22.5 Å². The second-order valence-electron chi connectivity index (χ2n) is 5.96. The summed E-state index contributed by atoms with van der Waals surface area (Å²) in [4.78, 5) is 23.9. The minimum atomic E-state index is -1.14. The van der Waals surface area contributed by atoms with Gasteiger partial charge in [-0.05, 0) is 36.8 Å². The Hall–Kier alpha value is -3.62. The Kier molecular flexibility index (Phi) is 5.73. The Morgan fingerprint density at radius 1 is 1.14 bits per heavy atom. The molecule has 0 bridgehead atoms. The van der Waals surface area contributed by atoms with E-state index in [1.807, 2.05) is 0 Å². The third-order valence-corrected chi connectivity index (χ3v) is 3.68. The van der Waals surface area contributed by atoms with Crippen LogP contribution in [-0.4, -0.2) is 33.6 Å². The SMILES string of the molecule is C[C@H](F)COc1cnc(C(=O)Nc2cc(-c3ccc(F)nc3)ccc2N)cn1. The molecule has 28 heavy (non-hydrogen) atoms. The molecule has 0 fully saturated rings. The number of alkyl halides is 1. The van der Waals surface area contributed by atoms with Crippen LogP contribution in [0.1, 0.15) is 17.4 Å². The summed E-state index contributed by atoms with van der Waals surface area (Å²) < 4.78 is 30.9. The molecule has 0 aliphatic heterocycles. The second-order valence-corrected chi connectivity index (χ2v) is 5.96. The summed E-state index contributed by atoms with van der Waals surface area (Å²) in [5, 5.41) is 2.66. The van der Waals surface area contributed by atoms with Crippen molar-refractivity contribution in [1.82, 2.24) is 15.0 Å². The van der Waals surface area contributed by atoms with Gasteiger partial charge in [0.2, 0.25) is 11.8 Å². The number of nitrogens with one attached hydrogen (secondary N) is 1. The number of benzene rings is 1. The molecule has 7 nitrogen and oxygen atoms in total. The highest BCUT2D eigenvalue weighted by molar-refractivity contribution is 6.04. The molecule has 1 atom stereocenters. The van der Waals surface area contributed by atoms with Crippen LogP contribution in [0.15, 0.2) is 48.9 Å². The molecule has 3 rings (SSSR count). The molecule has 0 unspecified atom stereocenters. The first-order valence-electron chi connectivity index (χ1n) is 8.34. The van der Waals surface area contributed by atoms with Gasteiger partial charge in [0.25, 0.3) is 5.91 Å². The maximum atomic E-state index is 13.0. The molecule has 2 heterocycles. The molecule has 0 spiro atoms. The highest BCUT2D eigenvalue weighted by Gasteiger charge is 2.12. The Balaban J connectivity index is 1.74. The Labute approximate surface area is 159 Å². The third-order valence-electron chi connectivity index (χ3n) is 3.68. The van der Waals surface area contributed by atoms with E-state index >= 15 is 0 Å². The summed E-state index contributed by atoms with van der Waals surface area (Å²) in [5.41, 5.74) is 8.04. The minimum Gasteiger partial charge on any atom is -0.473 e. The van der Waals surface area contributed by atoms with Crippen molar-refractivity contribution < 1.29 is 18.3 Å². The van der Waals surface area contributed by atoms with Gasteiger partial charge in [-0.25, -0.2) is 19.3 Å². The maximum Gasteiger partial charge on any atom is 0.275 e. The molecule has 0 radical (unpaired) electrons. The molecule has 1 aromatic carbocycles. The average Bonchev–Trinajstić information content (AvgIpc) is 2.69. The lowest BCUT2D eigenvalue weighted by Gasteiger charge is -2.11. The van der Waals surface area contributed by atoms with Gasteiger partial charge in [0, 0.05) is 11.8 Å². The number of hydrogen-bond donors (Lipinski definition) is 2. The van der Waals surface area contributed by atoms with Gasteiger partial charge < -0.3 is 15.8 Å². The average molecular weight is 385 g/mol. The fraction of sp³-hybridized carbons (Fsp3) is 0.158. The lowest BCUT2D eigenvalue weighted by atomic mass is 10.1. The number of nitrogen functional groups attached to an aromatic ring is 1. The number of carbonyl (C=O) groups excluding carboxylic acids is 1. The summed E-state index contributed by atoms with van der Waals surface area (Å²) in [6.45, 7) is 1.21. The number of hydrogen-bond acceptors (Lipinski definition) is 6. The molecular weight excluding hydrogens is 368 g/mol. The van der Waals surface area contributed by atoms with E-state index in [0.717, 1.165) is 0 Å². The van der Waals surface area contributed by atoms with Crippen LogP contribution < -0.4 is 15.8 Å². The number of anilines is 2. The van der Waals surface area contributed by atoms with E-state index in [9.17, 15) is 13.6 Å². The Bertz CT molecular complexity index is 963. The van der Waals surface area contributed by atoms with Crippen LogP contribution >= 0.6 is 0 Å². The lowest BCUT2D eigenvalue weighted by molar-refractivity contribution is 0.102. The molecule has 0 aliphatic carbocycles. The van der Waals surface area contributed by atoms with E-state index in [-0.39, 0.29) is 18.2 Å². The van der Waals surface area contributed by atoms with Gasteiger partial charge in [-0.2, -0.15) is 4.39 Å². The number of amides is 1. The number of rotatable bonds is 6. The minimum absolute atomic E-state index is 0.0360. The second kappa shape index (κ2) is 8.38. The van der Waals surface area contributed by atoms with Crippen molar-refractivity contribution in [3.8, 4) is 17.0 Å². The van der Waals surface area contributed by atoms with Crippen molar-refractivity contribution >= 4 is 17.3 Å². The van der Waals surface area contributed by atoms with Crippen LogP contribution in [0.5, 0.6) is 5.88 Å². The number of carbonyl (C=O) groups is 1. The van der Waals surface area contributed by atoms with E-state index < -0.39 is 18.0 Å². The van der Waals surface area contributed by atoms with Crippen molar-refractivity contribution in [2.24, 2.45) is 0 Å². The number of halogens is 2. The quantitative estimate of drug-likeness (QED) is 0.499. The highest BCUT2D eigenvalue weighted by atomic mass is 19.1. The molecule has 0 aliphatic rings. The lowest BCUT2D eigenvalue weighted by Crippen LogP contribution is -2.16. The third kappa shape index (κ3) is 4.76. The molecule has 0 saturated heterocycles. The number of aromatic nitrogens is 3. The fourth-order valence-corrected chi connectivity index (χ4v) is 2.29. The van der Waals surface area contributed by atoms with Gasteiger partial charge in [-0.1, -0.05) is 6.07 Å². The monoisotopic (exact) mass is 385 g/mol. The topological polar surface area (TPSA) is 103 Å². The van der Waals surface area contributed by atoms with Gasteiger partial charge in [-0.15, -0.1) is 0 Å². The van der Waals surface area contributed by atoms with Crippen molar-refractivity contribution in [2.75, 3.05) is 17.7 Å². The molecular formula is C19H17F2N5O2. The first-order chi connectivity index (χ1) is 13.4. The Morgan fingerprint density at radius 3 is 2.57 bits per heavy atom. The standard InChI is InChI=1S/C19H17F2N5O2/c1-11(20)10-28-18-9-23-16(8-25-18)19(27)26-15-6-12(2-4-14(15)22)13-3-5-17(21)24-7-13/h2-9,11H,10,22H2,1H3,(H,26,27)/t11-/m0/s1. The van der Waals surface area contributed by atoms with Crippen LogP contribution in [0.25, 0.3) is 11.1 Å². The van der Waals surface area contributed by atoms with Crippen molar-refractivity contribution in [3.05, 3.63) is 60.6 Å². The molecule has 0 saturated carbocycles. The number of pyridine rings is 1. The number of nitrogens with zero attached hydrogens (tertiary/aromatic N) is 3. The van der Waals surface area contributed by atoms with Gasteiger partial charge in [-0.3, -0.25) is 4.79 Å². The van der Waals surface area contributed by atoms with Crippen LogP contribution in [0.2, 0.25) is 0 Å². The van der Waals surface area contributed by atoms with E-state index in [1.54, 1.807) is 24.3 Å². The van der Waals surface area contributed by atoms with Gasteiger partial charge in [0.15, 0.2) is 0 Å². The zero-order chi connectivity index (χ0) is 20.1. The molecule has 3 aromatic rings. The molecule has 3 N–H and O–H groups in total. The zero-order valence-corrected chi connectivity index (χ0v) is 14.9.